The molecular weight excluding hydrogens is 260 g/mol. The van der Waals surface area contributed by atoms with Gasteiger partial charge in [0.05, 0.1) is 10.6 Å². The highest BCUT2D eigenvalue weighted by Crippen LogP contribution is 2.37. The molecule has 1 aromatic heterocycles. The second-order valence-electron chi connectivity index (χ2n) is 6.74. The van der Waals surface area contributed by atoms with Crippen molar-refractivity contribution in [1.29, 1.82) is 0 Å². The number of thiazole rings is 1. The lowest BCUT2D eigenvalue weighted by molar-refractivity contribution is -0.489. The van der Waals surface area contributed by atoms with Crippen molar-refractivity contribution >= 4 is 28.0 Å². The molecule has 100 valence electrons. The van der Waals surface area contributed by atoms with Gasteiger partial charge < -0.3 is 0 Å². The van der Waals surface area contributed by atoms with Gasteiger partial charge in [-0.15, -0.1) is 3.97 Å². The molecule has 2 rings (SSSR count). The van der Waals surface area contributed by atoms with E-state index in [1.165, 1.54) is 10.6 Å². The van der Waals surface area contributed by atoms with Crippen LogP contribution in [0.25, 0.3) is 0 Å². The summed E-state index contributed by atoms with van der Waals surface area (Å²) < 4.78 is 2.32. The van der Waals surface area contributed by atoms with Gasteiger partial charge in [0.1, 0.15) is 5.55 Å². The summed E-state index contributed by atoms with van der Waals surface area (Å²) in [5.41, 5.74) is 5.93. The smallest absolute Gasteiger partial charge is 0.237 e. The first kappa shape index (κ1) is 13.8. The van der Waals surface area contributed by atoms with E-state index in [4.69, 9.17) is 0 Å². The first-order valence-electron chi connectivity index (χ1n) is 6.23. The highest BCUT2D eigenvalue weighted by Gasteiger charge is 2.26. The molecule has 2 nitrogen and oxygen atoms in total. The number of nitrogens with zero attached hydrogens (tertiary/aromatic N) is 2. The van der Waals surface area contributed by atoms with Gasteiger partial charge in [-0.05, 0) is 0 Å². The zero-order valence-corrected chi connectivity index (χ0v) is 13.8. The molecular formula is C14H23N2S2+. The summed E-state index contributed by atoms with van der Waals surface area (Å²) in [4.78, 5) is 6.01. The van der Waals surface area contributed by atoms with Crippen LogP contribution in [0.2, 0.25) is 0 Å². The fraction of sp³-hybridized carbons (Fsp3) is 0.571. The zero-order chi connectivity index (χ0) is 13.6. The van der Waals surface area contributed by atoms with Crippen molar-refractivity contribution in [3.63, 3.8) is 0 Å². The number of hydrogen-bond acceptors (Lipinski definition) is 2. The maximum absolute atomic E-state index is 4.58. The topological polar surface area (TPSA) is 16.2 Å². The third-order valence-electron chi connectivity index (χ3n) is 2.88. The molecule has 0 spiro atoms. The lowest BCUT2D eigenvalue weighted by atomic mass is 9.93. The van der Waals surface area contributed by atoms with Gasteiger partial charge >= 0.3 is 0 Å². The number of allylic oxidation sites excluding steroid dienone is 1. The Bertz CT molecular complexity index is 499. The lowest BCUT2D eigenvalue weighted by Crippen LogP contribution is -2.26. The molecule has 0 radical (unpaired) electrons. The van der Waals surface area contributed by atoms with Crippen LogP contribution in [0.15, 0.2) is 27.8 Å². The predicted octanol–water partition coefficient (Wildman–Crippen LogP) is 4.03. The van der Waals surface area contributed by atoms with E-state index in [-0.39, 0.29) is 10.8 Å². The molecule has 0 N–H and O–H groups in total. The Labute approximate surface area is 117 Å². The Hall–Kier alpha value is -0.610. The van der Waals surface area contributed by atoms with Crippen LogP contribution in [0, 0.1) is 5.41 Å². The van der Waals surface area contributed by atoms with E-state index in [0.717, 1.165) is 0 Å². The molecule has 0 amide bonds. The number of rotatable bonds is 1. The monoisotopic (exact) mass is 283 g/mol. The van der Waals surface area contributed by atoms with E-state index >= 15 is 0 Å². The molecule has 0 saturated carbocycles. The summed E-state index contributed by atoms with van der Waals surface area (Å²) in [5.74, 6) is 0. The molecule has 1 aliphatic heterocycles. The van der Waals surface area contributed by atoms with Crippen LogP contribution in [0.3, 0.4) is 0 Å². The fourth-order valence-electron chi connectivity index (χ4n) is 1.61. The average Bonchev–Trinajstić information content (AvgIpc) is 2.84. The summed E-state index contributed by atoms with van der Waals surface area (Å²) in [7, 11) is 0. The SMILES string of the molecule is CC(C)(C)C1=C[SH]([n+]2csc(C(C)(C)C)c2)C=N1. The summed E-state index contributed by atoms with van der Waals surface area (Å²) in [5, 5.41) is 2.33. The van der Waals surface area contributed by atoms with E-state index in [2.05, 4.69) is 73.2 Å². The molecule has 0 bridgehead atoms. The van der Waals surface area contributed by atoms with Crippen LogP contribution in [0.1, 0.15) is 46.4 Å². The maximum Gasteiger partial charge on any atom is 0.237 e. The zero-order valence-electron chi connectivity index (χ0n) is 12.1. The number of aliphatic imine (C=N–C) groups is 1. The second-order valence-corrected chi connectivity index (χ2v) is 9.33. The number of hydrogen-bond donors (Lipinski definition) is 1. The van der Waals surface area contributed by atoms with Gasteiger partial charge in [0, 0.05) is 27.3 Å². The average molecular weight is 283 g/mol. The van der Waals surface area contributed by atoms with Gasteiger partial charge in [0.2, 0.25) is 5.51 Å². The molecule has 0 aliphatic carbocycles. The van der Waals surface area contributed by atoms with Gasteiger partial charge in [0.15, 0.2) is 6.20 Å². The van der Waals surface area contributed by atoms with E-state index in [0.29, 0.717) is 0 Å². The standard InChI is InChI=1S/C14H23N2S2/c1-13(2,3)11-8-18(9-15-11)16-7-12(17-10-16)14(4,5)6/h7-10,18H,1-6H3/q+1. The minimum absolute atomic E-state index is 0.150. The molecule has 1 aliphatic rings. The van der Waals surface area contributed by atoms with Crippen LogP contribution >= 0.6 is 22.4 Å². The Morgan fingerprint density at radius 1 is 1.11 bits per heavy atom. The molecule has 4 heteroatoms. The first-order chi connectivity index (χ1) is 8.18. The lowest BCUT2D eigenvalue weighted by Gasteiger charge is -2.16. The molecule has 1 atom stereocenters. The van der Waals surface area contributed by atoms with Crippen molar-refractivity contribution in [3.05, 3.63) is 27.7 Å². The Kier molecular flexibility index (Phi) is 3.45. The normalized spacial score (nSPS) is 22.3. The quantitative estimate of drug-likeness (QED) is 0.592. The molecule has 1 unspecified atom stereocenters. The highest BCUT2D eigenvalue weighted by atomic mass is 32.2. The predicted molar refractivity (Wildman–Crippen MR) is 83.6 cm³/mol. The maximum atomic E-state index is 4.58. The summed E-state index contributed by atoms with van der Waals surface area (Å²) in [6.07, 6.45) is 2.28. The van der Waals surface area contributed by atoms with Crippen molar-refractivity contribution in [2.75, 3.05) is 0 Å². The number of aromatic nitrogens is 1. The third kappa shape index (κ3) is 2.86. The summed E-state index contributed by atoms with van der Waals surface area (Å²) in [6, 6.07) is 0. The van der Waals surface area contributed by atoms with Crippen molar-refractivity contribution in [2.45, 2.75) is 47.0 Å². The van der Waals surface area contributed by atoms with Crippen LogP contribution in [0.4, 0.5) is 0 Å². The van der Waals surface area contributed by atoms with E-state index in [1.54, 1.807) is 0 Å². The fourth-order valence-corrected chi connectivity index (χ4v) is 4.59. The minimum Gasteiger partial charge on any atom is -0.249 e. The summed E-state index contributed by atoms with van der Waals surface area (Å²) >= 11 is 1.44. The molecule has 1 aromatic rings. The van der Waals surface area contributed by atoms with Gasteiger partial charge in [-0.2, -0.15) is 0 Å². The van der Waals surface area contributed by atoms with Crippen molar-refractivity contribution in [1.82, 2.24) is 0 Å². The van der Waals surface area contributed by atoms with Crippen LogP contribution in [0.5, 0.6) is 0 Å². The van der Waals surface area contributed by atoms with E-state index < -0.39 is 11.1 Å². The highest BCUT2D eigenvalue weighted by molar-refractivity contribution is 8.25. The minimum atomic E-state index is -0.397. The van der Waals surface area contributed by atoms with E-state index in [9.17, 15) is 0 Å². The Morgan fingerprint density at radius 2 is 1.78 bits per heavy atom. The van der Waals surface area contributed by atoms with Crippen molar-refractivity contribution in [3.8, 4) is 0 Å². The van der Waals surface area contributed by atoms with Crippen molar-refractivity contribution in [2.24, 2.45) is 10.4 Å². The summed E-state index contributed by atoms with van der Waals surface area (Å²) in [6.45, 7) is 13.4. The second kappa shape index (κ2) is 4.49. The largest absolute Gasteiger partial charge is 0.249 e. The Morgan fingerprint density at radius 3 is 2.22 bits per heavy atom. The van der Waals surface area contributed by atoms with Crippen LogP contribution in [-0.4, -0.2) is 5.55 Å². The van der Waals surface area contributed by atoms with Gasteiger partial charge in [-0.1, -0.05) is 52.9 Å². The van der Waals surface area contributed by atoms with Gasteiger partial charge in [-0.25, -0.2) is 4.99 Å². The number of thiol groups is 1. The van der Waals surface area contributed by atoms with Crippen LogP contribution in [-0.2, 0) is 5.41 Å². The molecule has 18 heavy (non-hydrogen) atoms. The third-order valence-corrected chi connectivity index (χ3v) is 5.97. The Balaban J connectivity index is 2.23. The van der Waals surface area contributed by atoms with Crippen molar-refractivity contribution < 1.29 is 3.97 Å². The van der Waals surface area contributed by atoms with E-state index in [1.807, 2.05) is 11.3 Å². The van der Waals surface area contributed by atoms with Crippen LogP contribution < -0.4 is 3.97 Å². The first-order valence-corrected chi connectivity index (χ1v) is 8.54. The van der Waals surface area contributed by atoms with Gasteiger partial charge in [0.25, 0.3) is 0 Å². The molecule has 0 aromatic carbocycles. The molecule has 2 heterocycles. The van der Waals surface area contributed by atoms with Gasteiger partial charge in [-0.3, -0.25) is 0 Å². The molecule has 0 fully saturated rings. The molecule has 0 saturated heterocycles.